The molecule has 106 valence electrons. The number of aryl methyl sites for hydroxylation is 1. The number of nitrogens with one attached hydrogen (secondary N) is 1. The van der Waals surface area contributed by atoms with Crippen LogP contribution in [0, 0.1) is 19.7 Å². The zero-order valence-corrected chi connectivity index (χ0v) is 11.9. The second-order valence-corrected chi connectivity index (χ2v) is 4.59. The molecule has 0 saturated heterocycles. The van der Waals surface area contributed by atoms with Crippen LogP contribution >= 0.6 is 0 Å². The zero-order chi connectivity index (χ0) is 14.5. The molecule has 0 aliphatic rings. The van der Waals surface area contributed by atoms with Gasteiger partial charge < -0.3 is 10.1 Å². The van der Waals surface area contributed by atoms with Crippen molar-refractivity contribution in [3.05, 3.63) is 41.5 Å². The van der Waals surface area contributed by atoms with Crippen LogP contribution < -0.4 is 10.1 Å². The molecule has 1 aromatic heterocycles. The molecule has 20 heavy (non-hydrogen) atoms. The van der Waals surface area contributed by atoms with Crippen LogP contribution in [0.25, 0.3) is 0 Å². The Balaban J connectivity index is 2.22. The lowest BCUT2D eigenvalue weighted by Gasteiger charge is -2.11. The van der Waals surface area contributed by atoms with Gasteiger partial charge in [-0.25, -0.2) is 14.4 Å². The summed E-state index contributed by atoms with van der Waals surface area (Å²) < 4.78 is 19.1. The van der Waals surface area contributed by atoms with Crippen LogP contribution in [0.2, 0.25) is 0 Å². The molecule has 0 aliphatic heterocycles. The number of aromatic nitrogens is 2. The summed E-state index contributed by atoms with van der Waals surface area (Å²) in [6.45, 7) is 6.49. The van der Waals surface area contributed by atoms with Gasteiger partial charge in [0.2, 0.25) is 5.88 Å². The molecule has 0 saturated carbocycles. The van der Waals surface area contributed by atoms with Gasteiger partial charge in [-0.3, -0.25) is 0 Å². The van der Waals surface area contributed by atoms with Crippen molar-refractivity contribution in [1.29, 1.82) is 0 Å². The largest absolute Gasteiger partial charge is 0.438 e. The van der Waals surface area contributed by atoms with Crippen LogP contribution in [0.5, 0.6) is 11.6 Å². The second kappa shape index (κ2) is 6.32. The SMILES string of the molecule is CCCNc1ncnc(Oc2ccc(C)c(F)c2)c1C. The molecular weight excluding hydrogens is 257 g/mol. The number of rotatable bonds is 5. The number of hydrogen-bond donors (Lipinski definition) is 1. The Kier molecular flexibility index (Phi) is 4.50. The Hall–Kier alpha value is -2.17. The fraction of sp³-hybridized carbons (Fsp3) is 0.333. The molecule has 0 fully saturated rings. The molecule has 1 N–H and O–H groups in total. The van der Waals surface area contributed by atoms with E-state index in [0.717, 1.165) is 24.3 Å². The van der Waals surface area contributed by atoms with E-state index >= 15 is 0 Å². The summed E-state index contributed by atoms with van der Waals surface area (Å²) in [6, 6.07) is 4.76. The number of anilines is 1. The number of halogens is 1. The summed E-state index contributed by atoms with van der Waals surface area (Å²) in [5.74, 6) is 1.31. The first kappa shape index (κ1) is 14.2. The lowest BCUT2D eigenvalue weighted by atomic mass is 10.2. The standard InChI is InChI=1S/C15H18FN3O/c1-4-7-17-14-11(3)15(19-9-18-14)20-12-6-5-10(2)13(16)8-12/h5-6,8-9H,4,7H2,1-3H3,(H,17,18,19). The third-order valence-corrected chi connectivity index (χ3v) is 2.94. The molecule has 0 amide bonds. The highest BCUT2D eigenvalue weighted by molar-refractivity contribution is 5.48. The quantitative estimate of drug-likeness (QED) is 0.900. The van der Waals surface area contributed by atoms with Crippen LogP contribution in [0.1, 0.15) is 24.5 Å². The molecule has 0 spiro atoms. The van der Waals surface area contributed by atoms with E-state index in [-0.39, 0.29) is 5.82 Å². The van der Waals surface area contributed by atoms with Gasteiger partial charge >= 0.3 is 0 Å². The van der Waals surface area contributed by atoms with Crippen molar-refractivity contribution in [1.82, 2.24) is 9.97 Å². The van der Waals surface area contributed by atoms with Gasteiger partial charge in [0.1, 0.15) is 23.7 Å². The van der Waals surface area contributed by atoms with Crippen molar-refractivity contribution >= 4 is 5.82 Å². The molecule has 0 unspecified atom stereocenters. The number of benzene rings is 1. The Morgan fingerprint density at radius 3 is 2.75 bits per heavy atom. The maximum atomic E-state index is 13.5. The average molecular weight is 275 g/mol. The molecule has 5 heteroatoms. The van der Waals surface area contributed by atoms with Gasteiger partial charge in [-0.15, -0.1) is 0 Å². The monoisotopic (exact) mass is 275 g/mol. The zero-order valence-electron chi connectivity index (χ0n) is 11.9. The lowest BCUT2D eigenvalue weighted by Crippen LogP contribution is -2.05. The third-order valence-electron chi connectivity index (χ3n) is 2.94. The summed E-state index contributed by atoms with van der Waals surface area (Å²) in [5.41, 5.74) is 1.39. The molecule has 0 bridgehead atoms. The molecule has 1 heterocycles. The van der Waals surface area contributed by atoms with E-state index < -0.39 is 0 Å². The van der Waals surface area contributed by atoms with E-state index in [1.807, 2.05) is 6.92 Å². The fourth-order valence-corrected chi connectivity index (χ4v) is 1.71. The molecule has 0 aliphatic carbocycles. The van der Waals surface area contributed by atoms with Gasteiger partial charge in [-0.05, 0) is 31.9 Å². The Morgan fingerprint density at radius 2 is 2.05 bits per heavy atom. The summed E-state index contributed by atoms with van der Waals surface area (Å²) >= 11 is 0. The highest BCUT2D eigenvalue weighted by atomic mass is 19.1. The molecule has 1 aromatic carbocycles. The van der Waals surface area contributed by atoms with E-state index in [1.54, 1.807) is 19.1 Å². The second-order valence-electron chi connectivity index (χ2n) is 4.59. The smallest absolute Gasteiger partial charge is 0.227 e. The van der Waals surface area contributed by atoms with E-state index in [0.29, 0.717) is 17.2 Å². The van der Waals surface area contributed by atoms with Gasteiger partial charge in [-0.1, -0.05) is 13.0 Å². The predicted molar refractivity (Wildman–Crippen MR) is 76.8 cm³/mol. The maximum Gasteiger partial charge on any atom is 0.227 e. The molecule has 2 rings (SSSR count). The Bertz CT molecular complexity index is 602. The number of nitrogens with zero attached hydrogens (tertiary/aromatic N) is 2. The van der Waals surface area contributed by atoms with Crippen LogP contribution in [-0.2, 0) is 0 Å². The first-order valence-corrected chi connectivity index (χ1v) is 6.61. The Morgan fingerprint density at radius 1 is 1.25 bits per heavy atom. The van der Waals surface area contributed by atoms with Crippen molar-refractivity contribution in [2.45, 2.75) is 27.2 Å². The first-order chi connectivity index (χ1) is 9.61. The van der Waals surface area contributed by atoms with Crippen LogP contribution in [0.3, 0.4) is 0 Å². The van der Waals surface area contributed by atoms with Crippen molar-refractivity contribution < 1.29 is 9.13 Å². The van der Waals surface area contributed by atoms with E-state index in [4.69, 9.17) is 4.74 Å². The Labute approximate surface area is 118 Å². The van der Waals surface area contributed by atoms with E-state index in [9.17, 15) is 4.39 Å². The summed E-state index contributed by atoms with van der Waals surface area (Å²) in [5, 5.41) is 3.20. The van der Waals surface area contributed by atoms with E-state index in [1.165, 1.54) is 12.4 Å². The third kappa shape index (κ3) is 3.23. The molecule has 0 atom stereocenters. The minimum atomic E-state index is -0.293. The highest BCUT2D eigenvalue weighted by Gasteiger charge is 2.09. The molecular formula is C15H18FN3O. The summed E-state index contributed by atoms with van der Waals surface area (Å²) in [6.07, 6.45) is 2.44. The van der Waals surface area contributed by atoms with Crippen molar-refractivity contribution in [2.24, 2.45) is 0 Å². The van der Waals surface area contributed by atoms with Crippen LogP contribution in [0.4, 0.5) is 10.2 Å². The van der Waals surface area contributed by atoms with Gasteiger partial charge in [0.05, 0.1) is 5.56 Å². The topological polar surface area (TPSA) is 47.0 Å². The van der Waals surface area contributed by atoms with Crippen molar-refractivity contribution in [3.8, 4) is 11.6 Å². The summed E-state index contributed by atoms with van der Waals surface area (Å²) in [7, 11) is 0. The first-order valence-electron chi connectivity index (χ1n) is 6.61. The minimum Gasteiger partial charge on any atom is -0.438 e. The lowest BCUT2D eigenvalue weighted by molar-refractivity contribution is 0.452. The van der Waals surface area contributed by atoms with Gasteiger partial charge in [0, 0.05) is 12.6 Å². The molecule has 2 aromatic rings. The number of hydrogen-bond acceptors (Lipinski definition) is 4. The van der Waals surface area contributed by atoms with Gasteiger partial charge in [0.25, 0.3) is 0 Å². The minimum absolute atomic E-state index is 0.293. The normalized spacial score (nSPS) is 10.4. The van der Waals surface area contributed by atoms with Crippen LogP contribution in [-0.4, -0.2) is 16.5 Å². The fourth-order valence-electron chi connectivity index (χ4n) is 1.71. The van der Waals surface area contributed by atoms with Gasteiger partial charge in [-0.2, -0.15) is 0 Å². The summed E-state index contributed by atoms with van der Waals surface area (Å²) in [4.78, 5) is 8.27. The average Bonchev–Trinajstić information content (AvgIpc) is 2.44. The van der Waals surface area contributed by atoms with Crippen molar-refractivity contribution in [2.75, 3.05) is 11.9 Å². The molecule has 4 nitrogen and oxygen atoms in total. The predicted octanol–water partition coefficient (Wildman–Crippen LogP) is 3.85. The number of ether oxygens (including phenoxy) is 1. The highest BCUT2D eigenvalue weighted by Crippen LogP contribution is 2.27. The molecule has 0 radical (unpaired) electrons. The van der Waals surface area contributed by atoms with E-state index in [2.05, 4.69) is 22.2 Å². The van der Waals surface area contributed by atoms with Crippen LogP contribution in [0.15, 0.2) is 24.5 Å². The van der Waals surface area contributed by atoms with Crippen molar-refractivity contribution in [3.63, 3.8) is 0 Å². The van der Waals surface area contributed by atoms with Gasteiger partial charge in [0.15, 0.2) is 0 Å². The maximum absolute atomic E-state index is 13.5.